The van der Waals surface area contributed by atoms with Crippen molar-refractivity contribution in [2.75, 3.05) is 5.32 Å². The highest BCUT2D eigenvalue weighted by molar-refractivity contribution is 6.35. The highest BCUT2D eigenvalue weighted by Crippen LogP contribution is 2.26. The maximum atomic E-state index is 12.7. The number of carbonyl (C=O) groups excluding carboxylic acids is 1. The maximum absolute atomic E-state index is 12.7. The van der Waals surface area contributed by atoms with Gasteiger partial charge in [-0.15, -0.1) is 0 Å². The molecule has 2 aromatic heterocycles. The summed E-state index contributed by atoms with van der Waals surface area (Å²) < 4.78 is 9.09. The zero-order chi connectivity index (χ0) is 24.4. The van der Waals surface area contributed by atoms with Crippen molar-refractivity contribution in [3.05, 3.63) is 91.8 Å². The first-order valence-corrected chi connectivity index (χ1v) is 11.6. The minimum absolute atomic E-state index is 0.156. The van der Waals surface area contributed by atoms with Gasteiger partial charge in [0.15, 0.2) is 18.2 Å². The Morgan fingerprint density at radius 2 is 1.74 bits per heavy atom. The maximum Gasteiger partial charge on any atom is 0.277 e. The van der Waals surface area contributed by atoms with Gasteiger partial charge in [-0.1, -0.05) is 40.9 Å². The third-order valence-electron chi connectivity index (χ3n) is 5.20. The SMILES string of the molecule is Cc1cc(OCn2ccc(C(=O)Nc3cc(C)n(Cc4ccc(Cl)cc4Cl)n3)n2)cc(C)c1Cl. The molecule has 176 valence electrons. The number of aryl methyl sites for hydroxylation is 3. The van der Waals surface area contributed by atoms with Gasteiger partial charge < -0.3 is 10.1 Å². The van der Waals surface area contributed by atoms with Crippen LogP contribution in [0.1, 0.15) is 32.9 Å². The molecule has 0 fully saturated rings. The summed E-state index contributed by atoms with van der Waals surface area (Å²) in [5, 5.41) is 13.4. The van der Waals surface area contributed by atoms with Gasteiger partial charge in [-0.25, -0.2) is 4.68 Å². The van der Waals surface area contributed by atoms with E-state index in [2.05, 4.69) is 15.5 Å². The summed E-state index contributed by atoms with van der Waals surface area (Å²) in [6.45, 7) is 6.35. The fourth-order valence-corrected chi connectivity index (χ4v) is 3.99. The summed E-state index contributed by atoms with van der Waals surface area (Å²) >= 11 is 18.4. The number of ether oxygens (including phenoxy) is 1. The Bertz CT molecular complexity index is 1340. The van der Waals surface area contributed by atoms with Crippen molar-refractivity contribution in [3.8, 4) is 5.75 Å². The summed E-state index contributed by atoms with van der Waals surface area (Å²) in [4.78, 5) is 12.7. The molecule has 4 rings (SSSR count). The van der Waals surface area contributed by atoms with Gasteiger partial charge >= 0.3 is 0 Å². The van der Waals surface area contributed by atoms with Crippen LogP contribution in [0.15, 0.2) is 48.7 Å². The molecule has 0 aliphatic carbocycles. The van der Waals surface area contributed by atoms with Crippen molar-refractivity contribution in [2.45, 2.75) is 34.0 Å². The molecule has 0 bridgehead atoms. The number of anilines is 1. The lowest BCUT2D eigenvalue weighted by molar-refractivity contribution is 0.101. The van der Waals surface area contributed by atoms with E-state index in [0.717, 1.165) is 27.4 Å². The molecular weight excluding hydrogens is 497 g/mol. The number of amides is 1. The van der Waals surface area contributed by atoms with Crippen LogP contribution in [0.3, 0.4) is 0 Å². The van der Waals surface area contributed by atoms with Gasteiger partial charge in [-0.05, 0) is 67.8 Å². The van der Waals surface area contributed by atoms with E-state index in [0.29, 0.717) is 28.2 Å². The summed E-state index contributed by atoms with van der Waals surface area (Å²) in [5.41, 5.74) is 3.87. The number of benzene rings is 2. The molecule has 0 aliphatic rings. The Morgan fingerprint density at radius 1 is 1.00 bits per heavy atom. The molecule has 0 saturated carbocycles. The molecule has 0 unspecified atom stereocenters. The van der Waals surface area contributed by atoms with Crippen molar-refractivity contribution in [3.63, 3.8) is 0 Å². The molecule has 34 heavy (non-hydrogen) atoms. The molecule has 7 nitrogen and oxygen atoms in total. The van der Waals surface area contributed by atoms with E-state index in [1.807, 2.05) is 39.0 Å². The predicted molar refractivity (Wildman–Crippen MR) is 134 cm³/mol. The van der Waals surface area contributed by atoms with Crippen LogP contribution in [-0.2, 0) is 13.3 Å². The monoisotopic (exact) mass is 517 g/mol. The molecule has 0 atom stereocenters. The summed E-state index contributed by atoms with van der Waals surface area (Å²) in [6, 6.07) is 12.5. The second kappa shape index (κ2) is 10.1. The van der Waals surface area contributed by atoms with E-state index in [-0.39, 0.29) is 18.3 Å². The zero-order valence-corrected chi connectivity index (χ0v) is 21.0. The Morgan fingerprint density at radius 3 is 2.44 bits per heavy atom. The molecule has 0 spiro atoms. The van der Waals surface area contributed by atoms with Crippen molar-refractivity contribution in [1.29, 1.82) is 0 Å². The minimum atomic E-state index is -0.369. The number of nitrogens with zero attached hydrogens (tertiary/aromatic N) is 4. The molecular formula is C24H22Cl3N5O2. The first-order valence-electron chi connectivity index (χ1n) is 10.4. The van der Waals surface area contributed by atoms with Crippen LogP contribution in [0.4, 0.5) is 5.82 Å². The average molecular weight is 519 g/mol. The molecule has 1 N–H and O–H groups in total. The number of aromatic nitrogens is 4. The Balaban J connectivity index is 1.38. The topological polar surface area (TPSA) is 74.0 Å². The normalized spacial score (nSPS) is 11.0. The van der Waals surface area contributed by atoms with Crippen LogP contribution in [0.25, 0.3) is 0 Å². The van der Waals surface area contributed by atoms with Gasteiger partial charge in [0, 0.05) is 33.0 Å². The number of rotatable bonds is 7. The molecule has 2 heterocycles. The number of hydrogen-bond acceptors (Lipinski definition) is 4. The molecule has 2 aromatic carbocycles. The van der Waals surface area contributed by atoms with E-state index in [4.69, 9.17) is 39.5 Å². The van der Waals surface area contributed by atoms with Gasteiger partial charge in [0.05, 0.1) is 6.54 Å². The highest BCUT2D eigenvalue weighted by Gasteiger charge is 2.14. The van der Waals surface area contributed by atoms with Crippen LogP contribution in [0.2, 0.25) is 15.1 Å². The lowest BCUT2D eigenvalue weighted by atomic mass is 10.1. The second-order valence-corrected chi connectivity index (χ2v) is 9.12. The lowest BCUT2D eigenvalue weighted by Crippen LogP contribution is -2.15. The molecule has 0 saturated heterocycles. The second-order valence-electron chi connectivity index (χ2n) is 7.90. The van der Waals surface area contributed by atoms with Crippen molar-refractivity contribution in [1.82, 2.24) is 19.6 Å². The third-order valence-corrected chi connectivity index (χ3v) is 6.39. The number of carbonyl (C=O) groups is 1. The smallest absolute Gasteiger partial charge is 0.277 e. The predicted octanol–water partition coefficient (Wildman–Crippen LogP) is 6.30. The fourth-order valence-electron chi connectivity index (χ4n) is 3.41. The molecule has 0 aliphatic heterocycles. The van der Waals surface area contributed by atoms with E-state index in [9.17, 15) is 4.79 Å². The van der Waals surface area contributed by atoms with Crippen LogP contribution in [0.5, 0.6) is 5.75 Å². The molecule has 4 aromatic rings. The van der Waals surface area contributed by atoms with E-state index in [1.54, 1.807) is 39.8 Å². The molecule has 1 amide bonds. The Kier molecular flexibility index (Phi) is 7.16. The van der Waals surface area contributed by atoms with E-state index in [1.165, 1.54) is 0 Å². The number of nitrogens with one attached hydrogen (secondary N) is 1. The zero-order valence-electron chi connectivity index (χ0n) is 18.8. The van der Waals surface area contributed by atoms with Gasteiger partial charge in [-0.3, -0.25) is 9.48 Å². The first kappa shape index (κ1) is 24.1. The van der Waals surface area contributed by atoms with E-state index < -0.39 is 0 Å². The quantitative estimate of drug-likeness (QED) is 0.311. The van der Waals surface area contributed by atoms with Crippen molar-refractivity contribution >= 4 is 46.5 Å². The fraction of sp³-hybridized carbons (Fsp3) is 0.208. The highest BCUT2D eigenvalue weighted by atomic mass is 35.5. The van der Waals surface area contributed by atoms with Crippen molar-refractivity contribution < 1.29 is 9.53 Å². The van der Waals surface area contributed by atoms with Crippen LogP contribution in [-0.4, -0.2) is 25.5 Å². The first-order chi connectivity index (χ1) is 16.2. The van der Waals surface area contributed by atoms with Crippen molar-refractivity contribution in [2.24, 2.45) is 0 Å². The Hall–Kier alpha value is -3.00. The van der Waals surface area contributed by atoms with Crippen LogP contribution >= 0.6 is 34.8 Å². The Labute approximate surface area is 212 Å². The number of halogens is 3. The standard InChI is InChI=1S/C24H22Cl3N5O2/c1-14-8-19(9-15(2)23(14)27)34-13-31-7-6-21(29-31)24(33)28-22-10-16(3)32(30-22)12-17-4-5-18(25)11-20(17)26/h4-11H,12-13H2,1-3H3,(H,28,30,33). The largest absolute Gasteiger partial charge is 0.471 e. The minimum Gasteiger partial charge on any atom is -0.471 e. The van der Waals surface area contributed by atoms with Gasteiger partial charge in [0.2, 0.25) is 0 Å². The van der Waals surface area contributed by atoms with Gasteiger partial charge in [0.25, 0.3) is 5.91 Å². The van der Waals surface area contributed by atoms with E-state index >= 15 is 0 Å². The van der Waals surface area contributed by atoms with Gasteiger partial charge in [0.1, 0.15) is 5.75 Å². The average Bonchev–Trinajstić information content (AvgIpc) is 3.39. The van der Waals surface area contributed by atoms with Crippen LogP contribution < -0.4 is 10.1 Å². The summed E-state index contributed by atoms with van der Waals surface area (Å²) in [5.74, 6) is 0.735. The molecule has 10 heteroatoms. The van der Waals surface area contributed by atoms with Crippen LogP contribution in [0, 0.1) is 20.8 Å². The third kappa shape index (κ3) is 5.55. The summed E-state index contributed by atoms with van der Waals surface area (Å²) in [6.07, 6.45) is 1.68. The molecule has 0 radical (unpaired) electrons. The van der Waals surface area contributed by atoms with Gasteiger partial charge in [-0.2, -0.15) is 10.2 Å². The number of hydrogen-bond donors (Lipinski definition) is 1. The lowest BCUT2D eigenvalue weighted by Gasteiger charge is -2.10. The summed E-state index contributed by atoms with van der Waals surface area (Å²) in [7, 11) is 0.